The van der Waals surface area contributed by atoms with E-state index in [0.29, 0.717) is 88.4 Å². The molecule has 2 saturated heterocycles. The molecule has 2 aliphatic heterocycles. The standard InChI is InChI=1S/C73H110N8O17/c1-12-45(6)65(59(96-10)41-61(86)80-35-21-25-55(80)67(97-11)47(8)57(83)40-52(71(92)93)37-48-22-16-15-17-23-48)79(9)70(91)64(44(4)5)78-69(90)66-50-30-33-54(38-50)81(66)73(95)98-42-49-28-31-53(32-29-49)76-68(89)51(24-20-34-75-72(74)94)39-58(84)63(43(2)3)77-60(85)27-19-14-13-18-26-56(82)46(7)36-62(87)88/h15-17,22-23,28-29,31-32,43-47,50-52,54-55,59,63-67H,12-14,18-21,24-27,30,33-42H2,1-11H3,(H,76,89)(H,77,85)(H,78,90)(H,87,88)(H,92,93)(H3,74,75,94)/t45-,46?,47-,50-,51-,52+,54-,55-,59+,63+,64-,65-,66-,67+/m0/s1. The molecule has 25 nitrogen and oxygen atoms in total. The van der Waals surface area contributed by atoms with Gasteiger partial charge in [0.25, 0.3) is 0 Å². The molecule has 1 unspecified atom stereocenters. The number of likely N-dealkylation sites (N-methyl/N-ethyl adjacent to an activating group) is 1. The number of hydrogen-bond acceptors (Lipinski definition) is 15. The van der Waals surface area contributed by atoms with Gasteiger partial charge in [-0.25, -0.2) is 9.59 Å². The molecule has 0 radical (unpaired) electrons. The molecule has 2 bridgehead atoms. The Morgan fingerprint density at radius 1 is 0.704 bits per heavy atom. The Bertz CT molecular complexity index is 3020. The van der Waals surface area contributed by atoms with E-state index in [-0.39, 0.29) is 117 Å². The van der Waals surface area contributed by atoms with Crippen LogP contribution in [0.1, 0.15) is 182 Å². The first-order valence-corrected chi connectivity index (χ1v) is 35.2. The molecule has 2 aromatic rings. The van der Waals surface area contributed by atoms with Gasteiger partial charge in [-0.2, -0.15) is 0 Å². The third kappa shape index (κ3) is 23.7. The molecule has 3 fully saturated rings. The summed E-state index contributed by atoms with van der Waals surface area (Å²) < 4.78 is 18.0. The second-order valence-corrected chi connectivity index (χ2v) is 28.0. The minimum Gasteiger partial charge on any atom is -0.481 e. The highest BCUT2D eigenvalue weighted by atomic mass is 16.6. The fourth-order valence-corrected chi connectivity index (χ4v) is 14.3. The third-order valence-electron chi connectivity index (χ3n) is 20.1. The van der Waals surface area contributed by atoms with Crippen molar-refractivity contribution in [1.82, 2.24) is 30.7 Å². The maximum atomic E-state index is 14.9. The van der Waals surface area contributed by atoms with Crippen molar-refractivity contribution in [3.05, 3.63) is 65.7 Å². The van der Waals surface area contributed by atoms with Gasteiger partial charge in [0, 0.05) is 89.5 Å². The number of rotatable bonds is 43. The van der Waals surface area contributed by atoms with Crippen molar-refractivity contribution in [2.24, 2.45) is 53.1 Å². The summed E-state index contributed by atoms with van der Waals surface area (Å²) in [6, 6.07) is 10.8. The summed E-state index contributed by atoms with van der Waals surface area (Å²) in [5.74, 6) is -8.91. The zero-order chi connectivity index (χ0) is 72.5. The Morgan fingerprint density at radius 2 is 1.36 bits per heavy atom. The number of carboxylic acid groups (broad SMARTS) is 2. The van der Waals surface area contributed by atoms with Crippen molar-refractivity contribution in [3.63, 3.8) is 0 Å². The number of primary amides is 1. The van der Waals surface area contributed by atoms with Gasteiger partial charge in [-0.3, -0.25) is 52.8 Å². The first kappa shape index (κ1) is 80.9. The first-order chi connectivity index (χ1) is 46.5. The molecule has 5 rings (SSSR count). The van der Waals surface area contributed by atoms with Crippen LogP contribution in [-0.4, -0.2) is 179 Å². The van der Waals surface area contributed by atoms with Crippen LogP contribution in [-0.2, 0) is 75.2 Å². The minimum absolute atomic E-state index is 0.106. The van der Waals surface area contributed by atoms with Gasteiger partial charge < -0.3 is 61.2 Å². The zero-order valence-corrected chi connectivity index (χ0v) is 59.4. The number of aliphatic carboxylic acids is 2. The van der Waals surface area contributed by atoms with Crippen LogP contribution in [0.5, 0.6) is 0 Å². The number of carboxylic acids is 2. The lowest BCUT2D eigenvalue weighted by molar-refractivity contribution is -0.148. The number of nitrogens with one attached hydrogen (secondary N) is 4. The Labute approximate surface area is 577 Å². The molecule has 25 heteroatoms. The SMILES string of the molecule is CC[C@H](C)[C@@H]([C@@H](CC(=O)N1CCC[C@H]1[C@H](OC)[C@@H](C)C(=O)C[C@@H](Cc1ccccc1)C(=O)O)OC)N(C)C(=O)[C@@H](NC(=O)[C@@H]1[C@H]2CC[C@@H](C2)N1C(=O)OCc1ccc(NC(=O)[C@@H](CCCNC(N)=O)CC(=O)[C@H](NC(=O)CCCCCCC(=O)C(C)CC(=O)O)C(C)C)cc1)C(C)C. The van der Waals surface area contributed by atoms with Crippen molar-refractivity contribution < 1.29 is 82.0 Å². The highest BCUT2D eigenvalue weighted by Crippen LogP contribution is 2.43. The quantitative estimate of drug-likeness (QED) is 0.0307. The number of Topliss-reactive ketones (excluding diaryl/α,β-unsaturated/α-hetero) is 3. The number of urea groups is 1. The summed E-state index contributed by atoms with van der Waals surface area (Å²) in [6.45, 7) is 14.9. The van der Waals surface area contributed by atoms with Gasteiger partial charge in [-0.1, -0.05) is 117 Å². The molecule has 8 amide bonds. The molecular formula is C73H110N8O17. The summed E-state index contributed by atoms with van der Waals surface area (Å²) in [5.41, 5.74) is 7.04. The van der Waals surface area contributed by atoms with Gasteiger partial charge in [-0.05, 0) is 111 Å². The molecule has 2 heterocycles. The molecular weight excluding hydrogens is 1260 g/mol. The van der Waals surface area contributed by atoms with E-state index in [1.54, 1.807) is 68.8 Å². The van der Waals surface area contributed by atoms with Crippen molar-refractivity contribution in [3.8, 4) is 0 Å². The number of hydrogen-bond donors (Lipinski definition) is 7. The molecule has 2 aromatic carbocycles. The van der Waals surface area contributed by atoms with Crippen LogP contribution in [0.4, 0.5) is 15.3 Å². The maximum absolute atomic E-state index is 14.9. The van der Waals surface area contributed by atoms with Crippen molar-refractivity contribution in [1.29, 1.82) is 0 Å². The largest absolute Gasteiger partial charge is 0.481 e. The molecule has 544 valence electrons. The molecule has 8 N–H and O–H groups in total. The second kappa shape index (κ2) is 39.7. The van der Waals surface area contributed by atoms with E-state index in [1.807, 2.05) is 58.0 Å². The Kier molecular flexibility index (Phi) is 32.8. The van der Waals surface area contributed by atoms with Crippen LogP contribution in [0.15, 0.2) is 54.6 Å². The number of ether oxygens (including phenoxy) is 3. The first-order valence-electron chi connectivity index (χ1n) is 35.2. The number of carbonyl (C=O) groups is 12. The van der Waals surface area contributed by atoms with Gasteiger partial charge in [0.2, 0.25) is 29.5 Å². The number of anilines is 1. The Morgan fingerprint density at radius 3 is 1.96 bits per heavy atom. The van der Waals surface area contributed by atoms with Gasteiger partial charge in [0.1, 0.15) is 30.3 Å². The van der Waals surface area contributed by atoms with E-state index in [2.05, 4.69) is 21.3 Å². The number of methoxy groups -OCH3 is 2. The lowest BCUT2D eigenvalue weighted by Crippen LogP contribution is -2.60. The molecule has 1 saturated carbocycles. The van der Waals surface area contributed by atoms with E-state index >= 15 is 0 Å². The van der Waals surface area contributed by atoms with E-state index in [4.69, 9.17) is 25.1 Å². The number of nitrogens with zero attached hydrogens (tertiary/aromatic N) is 3. The average Bonchev–Trinajstić information content (AvgIpc) is 1.60. The fraction of sp³-hybridized carbons (Fsp3) is 0.671. The van der Waals surface area contributed by atoms with Gasteiger partial charge in [0.05, 0.1) is 49.1 Å². The maximum Gasteiger partial charge on any atom is 0.411 e. The normalized spacial score (nSPS) is 19.6. The molecule has 0 aromatic heterocycles. The number of piperidine rings is 1. The van der Waals surface area contributed by atoms with E-state index in [0.717, 1.165) is 5.56 Å². The number of ketones is 3. The average molecular weight is 1370 g/mol. The van der Waals surface area contributed by atoms with E-state index < -0.39 is 114 Å². The van der Waals surface area contributed by atoms with Crippen LogP contribution in [0.25, 0.3) is 0 Å². The molecule has 1 aliphatic carbocycles. The highest BCUT2D eigenvalue weighted by Gasteiger charge is 2.53. The molecule has 98 heavy (non-hydrogen) atoms. The Hall–Kier alpha value is -7.80. The monoisotopic (exact) mass is 1370 g/mol. The molecule has 14 atom stereocenters. The van der Waals surface area contributed by atoms with Crippen molar-refractivity contribution >= 4 is 76.6 Å². The predicted octanol–water partition coefficient (Wildman–Crippen LogP) is 8.26. The lowest BCUT2D eigenvalue weighted by Gasteiger charge is -2.41. The van der Waals surface area contributed by atoms with Crippen LogP contribution in [0.3, 0.4) is 0 Å². The smallest absolute Gasteiger partial charge is 0.411 e. The number of likely N-dealkylation sites (tertiary alicyclic amines) is 2. The number of nitrogens with two attached hydrogens (primary N) is 1. The summed E-state index contributed by atoms with van der Waals surface area (Å²) >= 11 is 0. The topological polar surface area (TPSA) is 357 Å². The number of benzene rings is 2. The van der Waals surface area contributed by atoms with Crippen LogP contribution in [0.2, 0.25) is 0 Å². The third-order valence-corrected chi connectivity index (χ3v) is 20.1. The number of unbranched alkanes of at least 4 members (excludes halogenated alkanes) is 3. The minimum atomic E-state index is -1.07. The summed E-state index contributed by atoms with van der Waals surface area (Å²) in [4.78, 5) is 165. The lowest BCUT2D eigenvalue weighted by atomic mass is 9.85. The van der Waals surface area contributed by atoms with Crippen LogP contribution in [0, 0.1) is 47.3 Å². The van der Waals surface area contributed by atoms with Gasteiger partial charge >= 0.3 is 24.1 Å². The van der Waals surface area contributed by atoms with Gasteiger partial charge in [-0.15, -0.1) is 0 Å². The Balaban J connectivity index is 1.18. The van der Waals surface area contributed by atoms with E-state index in [1.165, 1.54) is 19.1 Å². The van der Waals surface area contributed by atoms with Gasteiger partial charge in [0.15, 0.2) is 5.78 Å². The van der Waals surface area contributed by atoms with E-state index in [9.17, 15) is 62.6 Å². The van der Waals surface area contributed by atoms with Crippen LogP contribution >= 0.6 is 0 Å². The summed E-state index contributed by atoms with van der Waals surface area (Å²) in [5, 5.41) is 30.3. The fourth-order valence-electron chi connectivity index (χ4n) is 14.3. The summed E-state index contributed by atoms with van der Waals surface area (Å²) in [6.07, 6.45) is 4.39. The molecule has 0 spiro atoms. The van der Waals surface area contributed by atoms with Crippen LogP contribution < -0.4 is 27.0 Å². The van der Waals surface area contributed by atoms with Crippen molar-refractivity contribution in [2.45, 2.75) is 232 Å². The second-order valence-electron chi connectivity index (χ2n) is 28.0. The predicted molar refractivity (Wildman–Crippen MR) is 367 cm³/mol. The highest BCUT2D eigenvalue weighted by molar-refractivity contribution is 5.98. The van der Waals surface area contributed by atoms with Crippen molar-refractivity contribution in [2.75, 3.05) is 39.7 Å². The number of amides is 8. The number of carbonyl (C=O) groups excluding carboxylic acids is 10. The molecule has 3 aliphatic rings. The zero-order valence-electron chi connectivity index (χ0n) is 59.4. The summed E-state index contributed by atoms with van der Waals surface area (Å²) in [7, 11) is 4.64. The number of fused-ring (bicyclic) bond motifs is 2.